The number of carbonyl (C=O) groups is 2. The van der Waals surface area contributed by atoms with E-state index in [-0.39, 0.29) is 17.7 Å². The van der Waals surface area contributed by atoms with Crippen LogP contribution in [-0.4, -0.2) is 17.9 Å². The molecule has 0 amide bonds. The minimum atomic E-state index is -0.571. The van der Waals surface area contributed by atoms with Gasteiger partial charge in [-0.3, -0.25) is 4.79 Å². The number of carbonyl (C=O) groups excluding carboxylic acids is 2. The molecule has 0 unspecified atom stereocenters. The fourth-order valence-electron chi connectivity index (χ4n) is 4.49. The van der Waals surface area contributed by atoms with Gasteiger partial charge >= 0.3 is 5.97 Å². The van der Waals surface area contributed by atoms with Gasteiger partial charge in [-0.15, -0.1) is 0 Å². The molecule has 3 aliphatic rings. The average Bonchev–Trinajstić information content (AvgIpc) is 3.13. The van der Waals surface area contributed by atoms with Crippen molar-refractivity contribution >= 4 is 11.8 Å². The minimum absolute atomic E-state index is 0.0247. The first-order valence-electron chi connectivity index (χ1n) is 9.75. The lowest BCUT2D eigenvalue weighted by atomic mass is 9.75. The molecule has 1 aliphatic heterocycles. The lowest BCUT2D eigenvalue weighted by molar-refractivity contribution is -0.144. The molecule has 4 rings (SSSR count). The molecule has 1 saturated carbocycles. The van der Waals surface area contributed by atoms with E-state index >= 15 is 0 Å². The molecule has 1 aromatic carbocycles. The third-order valence-electron chi connectivity index (χ3n) is 5.75. The molecule has 1 fully saturated rings. The Morgan fingerprint density at radius 1 is 1.19 bits per heavy atom. The van der Waals surface area contributed by atoms with Gasteiger partial charge in [0, 0.05) is 29.3 Å². The van der Waals surface area contributed by atoms with E-state index in [0.29, 0.717) is 28.8 Å². The summed E-state index contributed by atoms with van der Waals surface area (Å²) in [4.78, 5) is 25.8. The quantitative estimate of drug-likeness (QED) is 0.808. The zero-order valence-corrected chi connectivity index (χ0v) is 15.5. The number of nitrogens with one attached hydrogen (secondary N) is 1. The van der Waals surface area contributed by atoms with Gasteiger partial charge in [0.2, 0.25) is 0 Å². The molecule has 142 valence electrons. The van der Waals surface area contributed by atoms with E-state index in [1.165, 1.54) is 12.1 Å². The van der Waals surface area contributed by atoms with E-state index in [0.717, 1.165) is 44.2 Å². The van der Waals surface area contributed by atoms with Crippen LogP contribution >= 0.6 is 0 Å². The van der Waals surface area contributed by atoms with Crippen molar-refractivity contribution in [3.05, 3.63) is 58.2 Å². The van der Waals surface area contributed by atoms with Gasteiger partial charge < -0.3 is 10.1 Å². The molecule has 0 bridgehead atoms. The highest BCUT2D eigenvalue weighted by Crippen LogP contribution is 2.43. The van der Waals surface area contributed by atoms with Crippen LogP contribution in [0.4, 0.5) is 4.39 Å². The van der Waals surface area contributed by atoms with E-state index in [1.54, 1.807) is 12.1 Å². The number of rotatable bonds is 3. The monoisotopic (exact) mass is 369 g/mol. The second-order valence-corrected chi connectivity index (χ2v) is 7.63. The Kier molecular flexibility index (Phi) is 4.85. The van der Waals surface area contributed by atoms with Crippen LogP contribution in [0.2, 0.25) is 0 Å². The Hall–Kier alpha value is -2.43. The molecule has 0 radical (unpaired) electrons. The maximum atomic E-state index is 13.9. The SMILES string of the molecule is CC1=C(C(=O)OC2CCCC2)[C@H](c2cccc(F)c2)C2=C(CCCC2=O)N1. The minimum Gasteiger partial charge on any atom is -0.459 e. The molecular formula is C22H24FNO3. The van der Waals surface area contributed by atoms with E-state index in [4.69, 9.17) is 4.74 Å². The summed E-state index contributed by atoms with van der Waals surface area (Å²) in [6.07, 6.45) is 5.82. The first-order chi connectivity index (χ1) is 13.0. The summed E-state index contributed by atoms with van der Waals surface area (Å²) >= 11 is 0. The average molecular weight is 369 g/mol. The summed E-state index contributed by atoms with van der Waals surface area (Å²) < 4.78 is 19.7. The molecule has 0 aromatic heterocycles. The van der Waals surface area contributed by atoms with Crippen molar-refractivity contribution in [1.29, 1.82) is 0 Å². The maximum absolute atomic E-state index is 13.9. The van der Waals surface area contributed by atoms with E-state index in [2.05, 4.69) is 5.32 Å². The largest absolute Gasteiger partial charge is 0.459 e. The summed E-state index contributed by atoms with van der Waals surface area (Å²) in [5, 5.41) is 3.26. The Labute approximate surface area is 158 Å². The van der Waals surface area contributed by atoms with Crippen molar-refractivity contribution in [3.63, 3.8) is 0 Å². The summed E-state index contributed by atoms with van der Waals surface area (Å²) in [6, 6.07) is 6.19. The van der Waals surface area contributed by atoms with E-state index in [1.807, 2.05) is 6.92 Å². The van der Waals surface area contributed by atoms with Crippen molar-refractivity contribution < 1.29 is 18.7 Å². The molecular weight excluding hydrogens is 345 g/mol. The lowest BCUT2D eigenvalue weighted by Gasteiger charge is -2.34. The zero-order chi connectivity index (χ0) is 19.0. The van der Waals surface area contributed by atoms with E-state index in [9.17, 15) is 14.0 Å². The van der Waals surface area contributed by atoms with Gasteiger partial charge in [0.1, 0.15) is 11.9 Å². The molecule has 1 atom stereocenters. The predicted molar refractivity (Wildman–Crippen MR) is 99.2 cm³/mol. The number of Topliss-reactive ketones (excluding diaryl/α,β-unsaturated/α-hetero) is 1. The van der Waals surface area contributed by atoms with Crippen molar-refractivity contribution in [3.8, 4) is 0 Å². The fourth-order valence-corrected chi connectivity index (χ4v) is 4.49. The van der Waals surface area contributed by atoms with Crippen LogP contribution in [0, 0.1) is 5.82 Å². The summed E-state index contributed by atoms with van der Waals surface area (Å²) in [6.45, 7) is 1.83. The molecule has 2 aliphatic carbocycles. The Morgan fingerprint density at radius 2 is 1.96 bits per heavy atom. The number of ether oxygens (including phenoxy) is 1. The zero-order valence-electron chi connectivity index (χ0n) is 15.5. The number of halogens is 1. The second kappa shape index (κ2) is 7.29. The smallest absolute Gasteiger partial charge is 0.337 e. The molecule has 5 heteroatoms. The van der Waals surface area contributed by atoms with Crippen LogP contribution < -0.4 is 5.32 Å². The van der Waals surface area contributed by atoms with Gasteiger partial charge in [-0.1, -0.05) is 12.1 Å². The standard InChI is InChI=1S/C22H24FNO3/c1-13-19(22(26)27-16-8-2-3-9-16)20(14-6-4-7-15(23)12-14)21-17(24-13)10-5-11-18(21)25/h4,6-7,12,16,20,24H,2-3,5,8-11H2,1H3/t20-/m0/s1. The molecule has 1 heterocycles. The Morgan fingerprint density at radius 3 is 2.70 bits per heavy atom. The number of allylic oxidation sites excluding steroid dienone is 3. The second-order valence-electron chi connectivity index (χ2n) is 7.63. The topological polar surface area (TPSA) is 55.4 Å². The molecule has 1 aromatic rings. The summed E-state index contributed by atoms with van der Waals surface area (Å²) in [7, 11) is 0. The fraction of sp³-hybridized carbons (Fsp3) is 0.455. The van der Waals surface area contributed by atoms with E-state index < -0.39 is 11.9 Å². The Bertz CT molecular complexity index is 849. The number of esters is 1. The van der Waals surface area contributed by atoms with Crippen molar-refractivity contribution in [1.82, 2.24) is 5.32 Å². The van der Waals surface area contributed by atoms with Crippen molar-refractivity contribution in [2.24, 2.45) is 0 Å². The van der Waals surface area contributed by atoms with Crippen LogP contribution in [0.15, 0.2) is 46.8 Å². The van der Waals surface area contributed by atoms with Crippen LogP contribution in [0.3, 0.4) is 0 Å². The predicted octanol–water partition coefficient (Wildman–Crippen LogP) is 4.28. The molecule has 1 N–H and O–H groups in total. The van der Waals surface area contributed by atoms with Gasteiger partial charge in [0.15, 0.2) is 5.78 Å². The van der Waals surface area contributed by atoms with Gasteiger partial charge in [-0.2, -0.15) is 0 Å². The normalized spacial score (nSPS) is 23.3. The van der Waals surface area contributed by atoms with Crippen LogP contribution in [0.25, 0.3) is 0 Å². The Balaban J connectivity index is 1.77. The van der Waals surface area contributed by atoms with Crippen LogP contribution in [0.1, 0.15) is 63.4 Å². The lowest BCUT2D eigenvalue weighted by Crippen LogP contribution is -2.35. The first kappa shape index (κ1) is 18.0. The van der Waals surface area contributed by atoms with Crippen LogP contribution in [0.5, 0.6) is 0 Å². The maximum Gasteiger partial charge on any atom is 0.337 e. The highest BCUT2D eigenvalue weighted by atomic mass is 19.1. The number of hydrogen-bond donors (Lipinski definition) is 1. The van der Waals surface area contributed by atoms with Crippen molar-refractivity contribution in [2.45, 2.75) is 63.9 Å². The van der Waals surface area contributed by atoms with Gasteiger partial charge in [-0.05, 0) is 63.1 Å². The third kappa shape index (κ3) is 3.43. The molecule has 27 heavy (non-hydrogen) atoms. The highest BCUT2D eigenvalue weighted by Gasteiger charge is 2.39. The number of benzene rings is 1. The summed E-state index contributed by atoms with van der Waals surface area (Å²) in [5.74, 6) is -1.32. The third-order valence-corrected chi connectivity index (χ3v) is 5.75. The number of ketones is 1. The highest BCUT2D eigenvalue weighted by molar-refractivity contribution is 6.03. The first-order valence-corrected chi connectivity index (χ1v) is 9.75. The van der Waals surface area contributed by atoms with Crippen LogP contribution in [-0.2, 0) is 14.3 Å². The van der Waals surface area contributed by atoms with Gasteiger partial charge in [-0.25, -0.2) is 9.18 Å². The molecule has 0 spiro atoms. The van der Waals surface area contributed by atoms with Gasteiger partial charge in [0.25, 0.3) is 0 Å². The van der Waals surface area contributed by atoms with Crippen molar-refractivity contribution in [2.75, 3.05) is 0 Å². The van der Waals surface area contributed by atoms with Gasteiger partial charge in [0.05, 0.1) is 5.57 Å². The summed E-state index contributed by atoms with van der Waals surface area (Å²) in [5.41, 5.74) is 3.20. The number of hydrogen-bond acceptors (Lipinski definition) is 4. The molecule has 0 saturated heterocycles. The number of dihydropyridines is 1. The molecule has 4 nitrogen and oxygen atoms in total.